The van der Waals surface area contributed by atoms with Crippen molar-refractivity contribution in [1.82, 2.24) is 9.97 Å². The van der Waals surface area contributed by atoms with E-state index in [4.69, 9.17) is 9.40 Å². The molecule has 3 heterocycles. The maximum Gasteiger partial charge on any atom is 0.227 e. The average molecular weight is 364 g/mol. The molecule has 0 aliphatic rings. The van der Waals surface area contributed by atoms with E-state index in [0.717, 1.165) is 50.0 Å². The summed E-state index contributed by atoms with van der Waals surface area (Å²) in [5, 5.41) is 2.11. The first-order valence-corrected chi connectivity index (χ1v) is 9.44. The number of hydrogen-bond donors (Lipinski definition) is 0. The van der Waals surface area contributed by atoms with Crippen LogP contribution in [0.15, 0.2) is 71.3 Å². The molecule has 0 unspecified atom stereocenters. The fraction of sp³-hybridized carbons (Fsp3) is 0.120. The van der Waals surface area contributed by atoms with Crippen LogP contribution in [0.3, 0.4) is 0 Å². The zero-order chi connectivity index (χ0) is 19.3. The SMILES string of the molecule is Cc1cccc(-c2cccnc2-c2c(C)ccc3c2oc2nc(C)ccc23)c1. The van der Waals surface area contributed by atoms with Crippen LogP contribution in [0.2, 0.25) is 0 Å². The Morgan fingerprint density at radius 1 is 0.821 bits per heavy atom. The zero-order valence-corrected chi connectivity index (χ0v) is 16.2. The molecule has 0 saturated carbocycles. The molecule has 0 amide bonds. The number of pyridine rings is 2. The first kappa shape index (κ1) is 16.7. The van der Waals surface area contributed by atoms with Gasteiger partial charge in [0, 0.05) is 33.8 Å². The van der Waals surface area contributed by atoms with Crippen LogP contribution in [0.1, 0.15) is 16.8 Å². The standard InChI is InChI=1S/C25H20N2O/c1-15-6-4-7-18(14-15)19-8-5-13-26-23(19)22-16(2)9-11-20-21-12-10-17(3)27-25(21)28-24(20)22/h4-14H,1-3H3. The average Bonchev–Trinajstić information content (AvgIpc) is 3.05. The van der Waals surface area contributed by atoms with Crippen LogP contribution >= 0.6 is 0 Å². The van der Waals surface area contributed by atoms with Crippen molar-refractivity contribution in [3.63, 3.8) is 0 Å². The fourth-order valence-electron chi connectivity index (χ4n) is 3.86. The predicted molar refractivity (Wildman–Crippen MR) is 114 cm³/mol. The highest BCUT2D eigenvalue weighted by Crippen LogP contribution is 2.40. The van der Waals surface area contributed by atoms with Gasteiger partial charge in [0.25, 0.3) is 0 Å². The van der Waals surface area contributed by atoms with Gasteiger partial charge in [0.15, 0.2) is 0 Å². The Labute approximate surface area is 163 Å². The maximum absolute atomic E-state index is 6.26. The van der Waals surface area contributed by atoms with Crippen molar-refractivity contribution in [2.45, 2.75) is 20.8 Å². The number of nitrogens with zero attached hydrogens (tertiary/aromatic N) is 2. The summed E-state index contributed by atoms with van der Waals surface area (Å²) >= 11 is 0. The number of fused-ring (bicyclic) bond motifs is 3. The number of benzene rings is 2. The van der Waals surface area contributed by atoms with Crippen LogP contribution < -0.4 is 0 Å². The van der Waals surface area contributed by atoms with Crippen molar-refractivity contribution >= 4 is 22.1 Å². The van der Waals surface area contributed by atoms with Crippen molar-refractivity contribution in [2.75, 3.05) is 0 Å². The molecule has 0 spiro atoms. The third-order valence-electron chi connectivity index (χ3n) is 5.23. The minimum absolute atomic E-state index is 0.676. The summed E-state index contributed by atoms with van der Waals surface area (Å²) in [5.41, 5.74) is 9.06. The Hall–Kier alpha value is -3.46. The Morgan fingerprint density at radius 2 is 1.68 bits per heavy atom. The quantitative estimate of drug-likeness (QED) is 0.353. The van der Waals surface area contributed by atoms with Crippen LogP contribution in [-0.2, 0) is 0 Å². The molecule has 0 saturated heterocycles. The van der Waals surface area contributed by atoms with Crippen LogP contribution in [0, 0.1) is 20.8 Å². The highest BCUT2D eigenvalue weighted by Gasteiger charge is 2.19. The first-order valence-electron chi connectivity index (χ1n) is 9.44. The van der Waals surface area contributed by atoms with Crippen molar-refractivity contribution in [1.29, 1.82) is 0 Å². The molecule has 28 heavy (non-hydrogen) atoms. The minimum atomic E-state index is 0.676. The summed E-state index contributed by atoms with van der Waals surface area (Å²) in [6, 6.07) is 21.0. The predicted octanol–water partition coefficient (Wildman–Crippen LogP) is 6.64. The van der Waals surface area contributed by atoms with Gasteiger partial charge in [-0.1, -0.05) is 48.0 Å². The van der Waals surface area contributed by atoms with Gasteiger partial charge in [-0.15, -0.1) is 0 Å². The van der Waals surface area contributed by atoms with Crippen molar-refractivity contribution < 1.29 is 4.42 Å². The molecular weight excluding hydrogens is 344 g/mol. The summed E-state index contributed by atoms with van der Waals surface area (Å²) < 4.78 is 6.26. The van der Waals surface area contributed by atoms with Crippen LogP contribution in [0.4, 0.5) is 0 Å². The van der Waals surface area contributed by atoms with Gasteiger partial charge >= 0.3 is 0 Å². The maximum atomic E-state index is 6.26. The van der Waals surface area contributed by atoms with Gasteiger partial charge in [-0.25, -0.2) is 4.98 Å². The van der Waals surface area contributed by atoms with E-state index in [0.29, 0.717) is 5.71 Å². The number of furan rings is 1. The molecule has 0 N–H and O–H groups in total. The largest absolute Gasteiger partial charge is 0.437 e. The second kappa shape index (κ2) is 6.31. The molecule has 3 aromatic heterocycles. The Balaban J connectivity index is 1.85. The lowest BCUT2D eigenvalue weighted by Crippen LogP contribution is -1.92. The lowest BCUT2D eigenvalue weighted by Gasteiger charge is -2.12. The van der Waals surface area contributed by atoms with Gasteiger partial charge in [-0.05, 0) is 50.1 Å². The highest BCUT2D eigenvalue weighted by molar-refractivity contribution is 6.10. The molecule has 3 nitrogen and oxygen atoms in total. The van der Waals surface area contributed by atoms with E-state index in [1.54, 1.807) is 0 Å². The number of aromatic nitrogens is 2. The fourth-order valence-corrected chi connectivity index (χ4v) is 3.86. The number of hydrogen-bond acceptors (Lipinski definition) is 3. The summed E-state index contributed by atoms with van der Waals surface area (Å²) in [6.07, 6.45) is 1.85. The molecule has 5 aromatic rings. The lowest BCUT2D eigenvalue weighted by molar-refractivity contribution is 0.653. The number of aryl methyl sites for hydroxylation is 3. The molecule has 0 bridgehead atoms. The van der Waals surface area contributed by atoms with E-state index in [2.05, 4.69) is 67.4 Å². The molecule has 0 atom stereocenters. The first-order chi connectivity index (χ1) is 13.6. The van der Waals surface area contributed by atoms with Crippen LogP contribution in [0.5, 0.6) is 0 Å². The molecular formula is C25H20N2O. The molecule has 0 aliphatic carbocycles. The third-order valence-corrected chi connectivity index (χ3v) is 5.23. The Morgan fingerprint density at radius 3 is 2.54 bits per heavy atom. The third kappa shape index (κ3) is 2.59. The second-order valence-corrected chi connectivity index (χ2v) is 7.31. The van der Waals surface area contributed by atoms with Gasteiger partial charge in [0.2, 0.25) is 5.71 Å². The van der Waals surface area contributed by atoms with Gasteiger partial charge in [-0.3, -0.25) is 4.98 Å². The minimum Gasteiger partial charge on any atom is -0.437 e. The normalized spacial score (nSPS) is 11.4. The molecule has 2 aromatic carbocycles. The summed E-state index contributed by atoms with van der Waals surface area (Å²) in [6.45, 7) is 6.20. The van der Waals surface area contributed by atoms with Crippen LogP contribution in [-0.4, -0.2) is 9.97 Å². The van der Waals surface area contributed by atoms with Crippen molar-refractivity contribution in [3.05, 3.63) is 83.7 Å². The van der Waals surface area contributed by atoms with Gasteiger partial charge < -0.3 is 4.42 Å². The Bertz CT molecular complexity index is 1350. The molecule has 0 radical (unpaired) electrons. The molecule has 3 heteroatoms. The number of rotatable bonds is 2. The van der Waals surface area contributed by atoms with E-state index in [-0.39, 0.29) is 0 Å². The van der Waals surface area contributed by atoms with E-state index < -0.39 is 0 Å². The lowest BCUT2D eigenvalue weighted by atomic mass is 9.94. The molecule has 0 aliphatic heterocycles. The van der Waals surface area contributed by atoms with Gasteiger partial charge in [0.05, 0.1) is 5.69 Å². The molecule has 5 rings (SSSR count). The topological polar surface area (TPSA) is 38.9 Å². The highest BCUT2D eigenvalue weighted by atomic mass is 16.3. The van der Waals surface area contributed by atoms with E-state index in [1.165, 1.54) is 5.56 Å². The van der Waals surface area contributed by atoms with Crippen molar-refractivity contribution in [2.24, 2.45) is 0 Å². The summed E-state index contributed by atoms with van der Waals surface area (Å²) in [5.74, 6) is 0. The monoisotopic (exact) mass is 364 g/mol. The zero-order valence-electron chi connectivity index (χ0n) is 16.2. The molecule has 0 fully saturated rings. The van der Waals surface area contributed by atoms with Gasteiger partial charge in [-0.2, -0.15) is 0 Å². The van der Waals surface area contributed by atoms with Crippen molar-refractivity contribution in [3.8, 4) is 22.4 Å². The van der Waals surface area contributed by atoms with Gasteiger partial charge in [0.1, 0.15) is 5.58 Å². The molecule has 136 valence electrons. The van der Waals surface area contributed by atoms with E-state index in [9.17, 15) is 0 Å². The summed E-state index contributed by atoms with van der Waals surface area (Å²) in [4.78, 5) is 9.36. The summed E-state index contributed by atoms with van der Waals surface area (Å²) in [7, 11) is 0. The van der Waals surface area contributed by atoms with E-state index >= 15 is 0 Å². The van der Waals surface area contributed by atoms with E-state index in [1.807, 2.05) is 25.3 Å². The Kier molecular flexibility index (Phi) is 3.76. The second-order valence-electron chi connectivity index (χ2n) is 7.31. The smallest absolute Gasteiger partial charge is 0.227 e. The van der Waals surface area contributed by atoms with Crippen LogP contribution in [0.25, 0.3) is 44.5 Å².